The number of halogens is 1. The molecule has 1 N–H and O–H groups in total. The fourth-order valence-corrected chi connectivity index (χ4v) is 1.33. The highest BCUT2D eigenvalue weighted by Gasteiger charge is 2.04. The summed E-state index contributed by atoms with van der Waals surface area (Å²) in [6.07, 6.45) is 0.452. The zero-order chi connectivity index (χ0) is 12.0. The number of nitrogens with one attached hydrogen (secondary N) is 1. The van der Waals surface area contributed by atoms with Gasteiger partial charge in [0.2, 0.25) is 0 Å². The first-order valence-corrected chi connectivity index (χ1v) is 5.46. The van der Waals surface area contributed by atoms with Crippen molar-refractivity contribution in [2.24, 2.45) is 0 Å². The Labute approximate surface area is 99.8 Å². The molecule has 4 heteroatoms. The van der Waals surface area contributed by atoms with Crippen LogP contribution in [0.1, 0.15) is 23.7 Å². The lowest BCUT2D eigenvalue weighted by Gasteiger charge is -2.03. The first kappa shape index (κ1) is 12.9. The molecule has 0 aliphatic carbocycles. The van der Waals surface area contributed by atoms with Crippen molar-refractivity contribution >= 4 is 23.2 Å². The molecule has 3 nitrogen and oxygen atoms in total. The molecular weight excluding hydrogens is 226 g/mol. The molecule has 1 aromatic carbocycles. The van der Waals surface area contributed by atoms with Gasteiger partial charge in [0, 0.05) is 23.6 Å². The Morgan fingerprint density at radius 1 is 1.25 bits per heavy atom. The zero-order valence-corrected chi connectivity index (χ0v) is 9.88. The Kier molecular flexibility index (Phi) is 5.15. The largest absolute Gasteiger partial charge is 0.309 e. The van der Waals surface area contributed by atoms with Crippen LogP contribution in [0.4, 0.5) is 0 Å². The molecule has 0 aliphatic rings. The molecule has 0 saturated heterocycles. The highest BCUT2D eigenvalue weighted by molar-refractivity contribution is 6.30. The smallest absolute Gasteiger partial charge is 0.176 e. The average molecular weight is 240 g/mol. The predicted molar refractivity (Wildman–Crippen MR) is 64.0 cm³/mol. The van der Waals surface area contributed by atoms with Gasteiger partial charge in [0.05, 0.1) is 6.54 Å². The van der Waals surface area contributed by atoms with E-state index in [9.17, 15) is 9.59 Å². The monoisotopic (exact) mass is 239 g/mol. The van der Waals surface area contributed by atoms with Crippen LogP contribution in [0.25, 0.3) is 0 Å². The summed E-state index contributed by atoms with van der Waals surface area (Å²) >= 11 is 5.71. The van der Waals surface area contributed by atoms with Gasteiger partial charge in [0.25, 0.3) is 0 Å². The maximum atomic E-state index is 11.6. The minimum absolute atomic E-state index is 0.000203. The van der Waals surface area contributed by atoms with Gasteiger partial charge in [-0.3, -0.25) is 9.59 Å². The topological polar surface area (TPSA) is 46.2 Å². The van der Waals surface area contributed by atoms with Crippen molar-refractivity contribution in [1.29, 1.82) is 0 Å². The van der Waals surface area contributed by atoms with E-state index in [2.05, 4.69) is 5.32 Å². The third kappa shape index (κ3) is 4.55. The molecule has 0 aromatic heterocycles. The van der Waals surface area contributed by atoms with Crippen molar-refractivity contribution in [2.45, 2.75) is 13.3 Å². The molecule has 0 bridgehead atoms. The van der Waals surface area contributed by atoms with Gasteiger partial charge >= 0.3 is 0 Å². The molecule has 1 rings (SSSR count). The Morgan fingerprint density at radius 3 is 2.44 bits per heavy atom. The van der Waals surface area contributed by atoms with Gasteiger partial charge in [-0.2, -0.15) is 0 Å². The van der Waals surface area contributed by atoms with Crippen molar-refractivity contribution in [3.8, 4) is 0 Å². The Bertz CT molecular complexity index is 373. The lowest BCUT2D eigenvalue weighted by Crippen LogP contribution is -2.25. The zero-order valence-electron chi connectivity index (χ0n) is 9.13. The number of Topliss-reactive ketones (excluding diaryl/α,β-unsaturated/α-hetero) is 2. The second-order valence-corrected chi connectivity index (χ2v) is 4.00. The fraction of sp³-hybridized carbons (Fsp3) is 0.333. The number of ketones is 2. The summed E-state index contributed by atoms with van der Waals surface area (Å²) in [6.45, 7) is 2.31. The average Bonchev–Trinajstić information content (AvgIpc) is 2.25. The lowest BCUT2D eigenvalue weighted by molar-refractivity contribution is -0.116. The van der Waals surface area contributed by atoms with Crippen LogP contribution in [0.15, 0.2) is 24.3 Å². The molecule has 1 aromatic rings. The van der Waals surface area contributed by atoms with Crippen molar-refractivity contribution < 1.29 is 9.59 Å². The first-order valence-electron chi connectivity index (χ1n) is 5.08. The third-order valence-electron chi connectivity index (χ3n) is 2.11. The van der Waals surface area contributed by atoms with E-state index >= 15 is 0 Å². The van der Waals surface area contributed by atoms with Gasteiger partial charge in [0.15, 0.2) is 5.78 Å². The Morgan fingerprint density at radius 2 is 1.88 bits per heavy atom. The van der Waals surface area contributed by atoms with Gasteiger partial charge in [-0.25, -0.2) is 0 Å². The normalized spacial score (nSPS) is 10.1. The van der Waals surface area contributed by atoms with Crippen molar-refractivity contribution in [2.75, 3.05) is 13.1 Å². The summed E-state index contributed by atoms with van der Waals surface area (Å²) in [6, 6.07) is 6.75. The van der Waals surface area contributed by atoms with E-state index in [1.807, 2.05) is 0 Å². The molecule has 0 atom stereocenters. The summed E-state index contributed by atoms with van der Waals surface area (Å²) < 4.78 is 0. The minimum atomic E-state index is 0.000203. The van der Waals surface area contributed by atoms with Gasteiger partial charge in [-0.1, -0.05) is 11.6 Å². The number of rotatable bonds is 6. The Hall–Kier alpha value is -1.19. The SMILES string of the molecule is CC(=O)CCNCC(=O)c1ccc(Cl)cc1. The van der Waals surface area contributed by atoms with E-state index < -0.39 is 0 Å². The predicted octanol–water partition coefficient (Wildman–Crippen LogP) is 2.09. The van der Waals surface area contributed by atoms with E-state index in [0.29, 0.717) is 23.6 Å². The van der Waals surface area contributed by atoms with Crippen LogP contribution in [0.3, 0.4) is 0 Å². The second-order valence-electron chi connectivity index (χ2n) is 3.56. The number of carbonyl (C=O) groups is 2. The molecule has 16 heavy (non-hydrogen) atoms. The first-order chi connectivity index (χ1) is 7.59. The fourth-order valence-electron chi connectivity index (χ4n) is 1.20. The van der Waals surface area contributed by atoms with Crippen molar-refractivity contribution in [1.82, 2.24) is 5.32 Å². The van der Waals surface area contributed by atoms with Crippen LogP contribution in [0.5, 0.6) is 0 Å². The van der Waals surface area contributed by atoms with E-state index in [1.165, 1.54) is 6.92 Å². The molecule has 0 heterocycles. The maximum absolute atomic E-state index is 11.6. The van der Waals surface area contributed by atoms with Crippen LogP contribution in [-0.4, -0.2) is 24.7 Å². The van der Waals surface area contributed by atoms with Gasteiger partial charge in [-0.15, -0.1) is 0 Å². The van der Waals surface area contributed by atoms with Gasteiger partial charge in [-0.05, 0) is 31.2 Å². The summed E-state index contributed by atoms with van der Waals surface area (Å²) in [4.78, 5) is 22.3. The standard InChI is InChI=1S/C12H14ClNO2/c1-9(15)6-7-14-8-12(16)10-2-4-11(13)5-3-10/h2-5,14H,6-8H2,1H3. The van der Waals surface area contributed by atoms with Crippen LogP contribution in [-0.2, 0) is 4.79 Å². The van der Waals surface area contributed by atoms with Crippen molar-refractivity contribution in [3.63, 3.8) is 0 Å². The van der Waals surface area contributed by atoms with Crippen LogP contribution >= 0.6 is 11.6 Å². The summed E-state index contributed by atoms with van der Waals surface area (Å²) in [5.74, 6) is 0.117. The number of hydrogen-bond donors (Lipinski definition) is 1. The van der Waals surface area contributed by atoms with Crippen LogP contribution in [0.2, 0.25) is 5.02 Å². The second kappa shape index (κ2) is 6.40. The Balaban J connectivity index is 2.35. The highest BCUT2D eigenvalue weighted by Crippen LogP contribution is 2.09. The van der Waals surface area contributed by atoms with Crippen LogP contribution < -0.4 is 5.32 Å². The number of hydrogen-bond acceptors (Lipinski definition) is 3. The third-order valence-corrected chi connectivity index (χ3v) is 2.36. The van der Waals surface area contributed by atoms with E-state index in [-0.39, 0.29) is 18.1 Å². The molecule has 86 valence electrons. The van der Waals surface area contributed by atoms with E-state index in [1.54, 1.807) is 24.3 Å². The molecule has 0 radical (unpaired) electrons. The molecule has 0 spiro atoms. The van der Waals surface area contributed by atoms with Crippen molar-refractivity contribution in [3.05, 3.63) is 34.9 Å². The van der Waals surface area contributed by atoms with E-state index in [4.69, 9.17) is 11.6 Å². The summed E-state index contributed by atoms with van der Waals surface area (Å²) in [5.41, 5.74) is 0.625. The summed E-state index contributed by atoms with van der Waals surface area (Å²) in [7, 11) is 0. The lowest BCUT2D eigenvalue weighted by atomic mass is 10.1. The molecule has 0 aliphatic heterocycles. The number of benzene rings is 1. The molecule has 0 saturated carbocycles. The molecule has 0 fully saturated rings. The minimum Gasteiger partial charge on any atom is -0.309 e. The van der Waals surface area contributed by atoms with Gasteiger partial charge in [0.1, 0.15) is 5.78 Å². The number of carbonyl (C=O) groups excluding carboxylic acids is 2. The van der Waals surface area contributed by atoms with Gasteiger partial charge < -0.3 is 5.32 Å². The quantitative estimate of drug-likeness (QED) is 0.611. The van der Waals surface area contributed by atoms with Crippen LogP contribution in [0, 0.1) is 0 Å². The maximum Gasteiger partial charge on any atom is 0.176 e. The molecule has 0 amide bonds. The highest BCUT2D eigenvalue weighted by atomic mass is 35.5. The molecular formula is C12H14ClNO2. The van der Waals surface area contributed by atoms with E-state index in [0.717, 1.165) is 0 Å². The summed E-state index contributed by atoms with van der Waals surface area (Å²) in [5, 5.41) is 3.54. The molecule has 0 unspecified atom stereocenters.